The standard InChI is InChI=1S/C12H26N2O/c1-4-12(13,5-2)10-14-11(3)6-8-15-9-7-11/h14H,4-10,13H2,1-3H3. The van der Waals surface area contributed by atoms with Gasteiger partial charge >= 0.3 is 0 Å². The van der Waals surface area contributed by atoms with Gasteiger partial charge < -0.3 is 15.8 Å². The van der Waals surface area contributed by atoms with Gasteiger partial charge in [0.2, 0.25) is 0 Å². The summed E-state index contributed by atoms with van der Waals surface area (Å²) in [7, 11) is 0. The van der Waals surface area contributed by atoms with E-state index in [2.05, 4.69) is 26.1 Å². The summed E-state index contributed by atoms with van der Waals surface area (Å²) in [6.45, 7) is 9.27. The Morgan fingerprint density at radius 3 is 2.27 bits per heavy atom. The van der Waals surface area contributed by atoms with Crippen LogP contribution in [0.1, 0.15) is 46.5 Å². The Balaban J connectivity index is 2.40. The number of hydrogen-bond acceptors (Lipinski definition) is 3. The van der Waals surface area contributed by atoms with Gasteiger partial charge in [-0.05, 0) is 32.6 Å². The third-order valence-corrected chi connectivity index (χ3v) is 3.87. The lowest BCUT2D eigenvalue weighted by Gasteiger charge is -2.38. The Bertz CT molecular complexity index is 184. The third kappa shape index (κ3) is 3.74. The highest BCUT2D eigenvalue weighted by molar-refractivity contribution is 4.91. The summed E-state index contributed by atoms with van der Waals surface area (Å²) in [5.41, 5.74) is 6.47. The lowest BCUT2D eigenvalue weighted by Crippen LogP contribution is -2.56. The molecule has 0 unspecified atom stereocenters. The molecule has 1 heterocycles. The van der Waals surface area contributed by atoms with E-state index in [1.807, 2.05) is 0 Å². The van der Waals surface area contributed by atoms with Crippen LogP contribution in [0.15, 0.2) is 0 Å². The largest absolute Gasteiger partial charge is 0.381 e. The van der Waals surface area contributed by atoms with Crippen LogP contribution in [0.4, 0.5) is 0 Å². The minimum absolute atomic E-state index is 0.0404. The normalized spacial score (nSPS) is 21.6. The molecule has 3 N–H and O–H groups in total. The molecule has 0 amide bonds. The Kier molecular flexibility index (Phi) is 4.56. The maximum Gasteiger partial charge on any atom is 0.0483 e. The molecule has 0 aliphatic carbocycles. The van der Waals surface area contributed by atoms with Crippen molar-refractivity contribution in [2.75, 3.05) is 19.8 Å². The molecular formula is C12H26N2O. The Morgan fingerprint density at radius 2 is 1.80 bits per heavy atom. The summed E-state index contributed by atoms with van der Waals surface area (Å²) < 4.78 is 5.38. The maximum atomic E-state index is 6.28. The number of ether oxygens (including phenoxy) is 1. The summed E-state index contributed by atoms with van der Waals surface area (Å²) in [6.07, 6.45) is 4.25. The Labute approximate surface area is 93.8 Å². The molecule has 90 valence electrons. The molecule has 3 nitrogen and oxygen atoms in total. The van der Waals surface area contributed by atoms with Crippen LogP contribution >= 0.6 is 0 Å². The van der Waals surface area contributed by atoms with E-state index in [-0.39, 0.29) is 11.1 Å². The second kappa shape index (κ2) is 5.28. The fraction of sp³-hybridized carbons (Fsp3) is 1.00. The fourth-order valence-electron chi connectivity index (χ4n) is 1.89. The van der Waals surface area contributed by atoms with Crippen molar-refractivity contribution in [3.05, 3.63) is 0 Å². The van der Waals surface area contributed by atoms with Crippen molar-refractivity contribution in [3.8, 4) is 0 Å². The Hall–Kier alpha value is -0.120. The van der Waals surface area contributed by atoms with E-state index in [1.54, 1.807) is 0 Å². The van der Waals surface area contributed by atoms with Crippen LogP contribution in [0, 0.1) is 0 Å². The van der Waals surface area contributed by atoms with E-state index in [1.165, 1.54) is 0 Å². The molecule has 0 aromatic carbocycles. The smallest absolute Gasteiger partial charge is 0.0483 e. The van der Waals surface area contributed by atoms with Gasteiger partial charge in [-0.15, -0.1) is 0 Å². The highest BCUT2D eigenvalue weighted by Gasteiger charge is 2.30. The van der Waals surface area contributed by atoms with Crippen molar-refractivity contribution >= 4 is 0 Å². The molecule has 0 atom stereocenters. The minimum Gasteiger partial charge on any atom is -0.381 e. The number of rotatable bonds is 5. The summed E-state index contributed by atoms with van der Waals surface area (Å²) in [5, 5.41) is 3.64. The maximum absolute atomic E-state index is 6.28. The zero-order chi connectivity index (χ0) is 11.4. The minimum atomic E-state index is -0.0404. The van der Waals surface area contributed by atoms with Crippen LogP contribution < -0.4 is 11.1 Å². The molecule has 0 spiro atoms. The summed E-state index contributed by atoms with van der Waals surface area (Å²) in [5.74, 6) is 0. The van der Waals surface area contributed by atoms with Crippen LogP contribution in [-0.2, 0) is 4.74 Å². The van der Waals surface area contributed by atoms with Crippen molar-refractivity contribution in [3.63, 3.8) is 0 Å². The molecule has 1 rings (SSSR count). The fourth-order valence-corrected chi connectivity index (χ4v) is 1.89. The molecule has 0 radical (unpaired) electrons. The third-order valence-electron chi connectivity index (χ3n) is 3.87. The summed E-state index contributed by atoms with van der Waals surface area (Å²) >= 11 is 0. The predicted octanol–water partition coefficient (Wildman–Crippen LogP) is 1.66. The van der Waals surface area contributed by atoms with E-state index in [9.17, 15) is 0 Å². The monoisotopic (exact) mass is 214 g/mol. The summed E-state index contributed by atoms with van der Waals surface area (Å²) in [6, 6.07) is 0. The number of hydrogen-bond donors (Lipinski definition) is 2. The van der Waals surface area contributed by atoms with Crippen LogP contribution in [0.2, 0.25) is 0 Å². The second-order valence-corrected chi connectivity index (χ2v) is 5.10. The lowest BCUT2D eigenvalue weighted by atomic mass is 9.88. The Morgan fingerprint density at radius 1 is 1.27 bits per heavy atom. The topological polar surface area (TPSA) is 47.3 Å². The molecule has 0 bridgehead atoms. The first-order chi connectivity index (χ1) is 7.04. The molecule has 1 aliphatic rings. The van der Waals surface area contributed by atoms with E-state index in [0.717, 1.165) is 45.4 Å². The molecule has 0 aromatic heterocycles. The zero-order valence-corrected chi connectivity index (χ0v) is 10.4. The first-order valence-corrected chi connectivity index (χ1v) is 6.15. The van der Waals surface area contributed by atoms with E-state index < -0.39 is 0 Å². The van der Waals surface area contributed by atoms with Crippen molar-refractivity contribution in [2.45, 2.75) is 57.5 Å². The van der Waals surface area contributed by atoms with Gasteiger partial charge in [-0.3, -0.25) is 0 Å². The van der Waals surface area contributed by atoms with Gasteiger partial charge in [0.05, 0.1) is 0 Å². The molecule has 1 fully saturated rings. The lowest BCUT2D eigenvalue weighted by molar-refractivity contribution is 0.0427. The van der Waals surface area contributed by atoms with Crippen LogP contribution in [0.3, 0.4) is 0 Å². The van der Waals surface area contributed by atoms with Crippen molar-refractivity contribution in [1.82, 2.24) is 5.32 Å². The first kappa shape index (κ1) is 12.9. The SMILES string of the molecule is CCC(N)(CC)CNC1(C)CCOCC1. The van der Waals surface area contributed by atoms with Crippen molar-refractivity contribution in [2.24, 2.45) is 5.73 Å². The van der Waals surface area contributed by atoms with E-state index in [4.69, 9.17) is 10.5 Å². The van der Waals surface area contributed by atoms with Gasteiger partial charge in [0.1, 0.15) is 0 Å². The zero-order valence-electron chi connectivity index (χ0n) is 10.4. The van der Waals surface area contributed by atoms with Gasteiger partial charge in [0, 0.05) is 30.8 Å². The predicted molar refractivity (Wildman–Crippen MR) is 64.0 cm³/mol. The van der Waals surface area contributed by atoms with E-state index in [0.29, 0.717) is 0 Å². The van der Waals surface area contributed by atoms with Crippen LogP contribution in [0.25, 0.3) is 0 Å². The average Bonchev–Trinajstić information content (AvgIpc) is 2.27. The van der Waals surface area contributed by atoms with Crippen LogP contribution in [0.5, 0.6) is 0 Å². The van der Waals surface area contributed by atoms with Gasteiger partial charge in [0.15, 0.2) is 0 Å². The molecular weight excluding hydrogens is 188 g/mol. The highest BCUT2D eigenvalue weighted by atomic mass is 16.5. The van der Waals surface area contributed by atoms with E-state index >= 15 is 0 Å². The van der Waals surface area contributed by atoms with Crippen LogP contribution in [-0.4, -0.2) is 30.8 Å². The first-order valence-electron chi connectivity index (χ1n) is 6.15. The van der Waals surface area contributed by atoms with Gasteiger partial charge in [-0.2, -0.15) is 0 Å². The quantitative estimate of drug-likeness (QED) is 0.732. The molecule has 0 saturated carbocycles. The molecule has 3 heteroatoms. The van der Waals surface area contributed by atoms with Crippen molar-refractivity contribution < 1.29 is 4.74 Å². The molecule has 1 saturated heterocycles. The van der Waals surface area contributed by atoms with Gasteiger partial charge in [-0.1, -0.05) is 13.8 Å². The van der Waals surface area contributed by atoms with Gasteiger partial charge in [0.25, 0.3) is 0 Å². The highest BCUT2D eigenvalue weighted by Crippen LogP contribution is 2.21. The van der Waals surface area contributed by atoms with Crippen molar-refractivity contribution in [1.29, 1.82) is 0 Å². The molecule has 0 aromatic rings. The number of nitrogens with one attached hydrogen (secondary N) is 1. The van der Waals surface area contributed by atoms with Gasteiger partial charge in [-0.25, -0.2) is 0 Å². The molecule has 15 heavy (non-hydrogen) atoms. The second-order valence-electron chi connectivity index (χ2n) is 5.10. The summed E-state index contributed by atoms with van der Waals surface area (Å²) in [4.78, 5) is 0. The molecule has 1 aliphatic heterocycles. The average molecular weight is 214 g/mol. The number of nitrogens with two attached hydrogens (primary N) is 1.